The van der Waals surface area contributed by atoms with Crippen LogP contribution in [0.5, 0.6) is 0 Å². The minimum atomic E-state index is 0.0293. The van der Waals surface area contributed by atoms with Crippen LogP contribution in [0.15, 0.2) is 0 Å². The molecule has 1 nitrogen and oxygen atoms in total. The zero-order valence-corrected chi connectivity index (χ0v) is 7.74. The van der Waals surface area contributed by atoms with E-state index < -0.39 is 0 Å². The van der Waals surface area contributed by atoms with Crippen molar-refractivity contribution in [2.24, 2.45) is 0 Å². The van der Waals surface area contributed by atoms with Crippen LogP contribution in [0, 0.1) is 0 Å². The fourth-order valence-electron chi connectivity index (χ4n) is 0.725. The van der Waals surface area contributed by atoms with Crippen molar-refractivity contribution < 1.29 is 4.74 Å². The van der Waals surface area contributed by atoms with Crippen LogP contribution >= 0.6 is 0 Å². The quantitative estimate of drug-likeness (QED) is 0.425. The molecule has 0 aliphatic carbocycles. The first-order chi connectivity index (χ1) is 4.27. The predicted molar refractivity (Wildman–Crippen MR) is 43.4 cm³/mol. The van der Waals surface area contributed by atoms with Crippen molar-refractivity contribution in [3.63, 3.8) is 0 Å². The summed E-state index contributed by atoms with van der Waals surface area (Å²) in [6, 6.07) is 1.44. The van der Waals surface area contributed by atoms with Crippen molar-refractivity contribution >= 4 is 8.80 Å². The topological polar surface area (TPSA) is 9.23 Å². The molecular formula is C7H17OSi. The number of ether oxygens (including phenoxy) is 1. The smallest absolute Gasteiger partial charge is 0.0462 e. The second-order valence-corrected chi connectivity index (χ2v) is 5.57. The standard InChI is InChI=1S/C7H17OSi/c1-8-6-4-5-7-9(2)3/h4-7H2,1-3H3. The summed E-state index contributed by atoms with van der Waals surface area (Å²) >= 11 is 0. The molecule has 0 N–H and O–H groups in total. The largest absolute Gasteiger partial charge is 0.385 e. The average molecular weight is 145 g/mol. The summed E-state index contributed by atoms with van der Waals surface area (Å²) in [6.07, 6.45) is 2.60. The minimum absolute atomic E-state index is 0.0293. The highest BCUT2D eigenvalue weighted by Gasteiger charge is 1.93. The third-order valence-corrected chi connectivity index (χ3v) is 2.63. The molecule has 2 heteroatoms. The molecule has 0 saturated heterocycles. The van der Waals surface area contributed by atoms with E-state index in [1.807, 2.05) is 0 Å². The summed E-state index contributed by atoms with van der Waals surface area (Å²) in [7, 11) is 1.80. The molecule has 9 heavy (non-hydrogen) atoms. The summed E-state index contributed by atoms with van der Waals surface area (Å²) in [5.41, 5.74) is 0. The second kappa shape index (κ2) is 6.30. The van der Waals surface area contributed by atoms with Crippen molar-refractivity contribution in [1.82, 2.24) is 0 Å². The van der Waals surface area contributed by atoms with Crippen molar-refractivity contribution in [3.05, 3.63) is 0 Å². The third kappa shape index (κ3) is 8.18. The zero-order chi connectivity index (χ0) is 7.11. The Labute approximate surface area is 60.0 Å². The Morgan fingerprint density at radius 3 is 2.33 bits per heavy atom. The van der Waals surface area contributed by atoms with Gasteiger partial charge in [0.05, 0.1) is 0 Å². The van der Waals surface area contributed by atoms with E-state index in [4.69, 9.17) is 4.74 Å². The first-order valence-corrected chi connectivity index (χ1v) is 6.26. The van der Waals surface area contributed by atoms with Crippen LogP contribution < -0.4 is 0 Å². The molecule has 0 heterocycles. The molecule has 0 rings (SSSR count). The van der Waals surface area contributed by atoms with E-state index in [1.54, 1.807) is 7.11 Å². The molecule has 0 fully saturated rings. The van der Waals surface area contributed by atoms with Gasteiger partial charge in [0.1, 0.15) is 0 Å². The summed E-state index contributed by atoms with van der Waals surface area (Å²) < 4.78 is 4.93. The Hall–Kier alpha value is 0.177. The van der Waals surface area contributed by atoms with E-state index >= 15 is 0 Å². The van der Waals surface area contributed by atoms with Crippen LogP contribution in [-0.2, 0) is 4.74 Å². The molecule has 0 aromatic heterocycles. The van der Waals surface area contributed by atoms with E-state index in [2.05, 4.69) is 13.1 Å². The molecule has 0 aliphatic rings. The maximum atomic E-state index is 4.93. The fraction of sp³-hybridized carbons (Fsp3) is 1.00. The molecule has 1 radical (unpaired) electrons. The second-order valence-electron chi connectivity index (χ2n) is 2.66. The molecule has 0 saturated carbocycles. The van der Waals surface area contributed by atoms with Crippen molar-refractivity contribution in [2.45, 2.75) is 32.0 Å². The van der Waals surface area contributed by atoms with Crippen LogP contribution in [0.3, 0.4) is 0 Å². The fourth-order valence-corrected chi connectivity index (χ4v) is 1.68. The van der Waals surface area contributed by atoms with Gasteiger partial charge < -0.3 is 4.74 Å². The summed E-state index contributed by atoms with van der Waals surface area (Å²) in [6.45, 7) is 5.66. The maximum Gasteiger partial charge on any atom is 0.0462 e. The molecule has 0 aromatic rings. The van der Waals surface area contributed by atoms with E-state index in [1.165, 1.54) is 18.9 Å². The lowest BCUT2D eigenvalue weighted by Crippen LogP contribution is -1.99. The summed E-state index contributed by atoms with van der Waals surface area (Å²) in [5.74, 6) is 0. The Morgan fingerprint density at radius 2 is 1.89 bits per heavy atom. The molecule has 0 unspecified atom stereocenters. The molecule has 0 spiro atoms. The lowest BCUT2D eigenvalue weighted by Gasteiger charge is -2.00. The molecular weight excluding hydrogens is 128 g/mol. The van der Waals surface area contributed by atoms with Crippen LogP contribution in [-0.4, -0.2) is 22.5 Å². The van der Waals surface area contributed by atoms with Gasteiger partial charge in [-0.3, -0.25) is 0 Å². The number of hydrogen-bond acceptors (Lipinski definition) is 1. The number of methoxy groups -OCH3 is 1. The Bertz CT molecular complexity index is 54.9. The predicted octanol–water partition coefficient (Wildman–Crippen LogP) is 2.17. The van der Waals surface area contributed by atoms with Crippen LogP contribution in [0.25, 0.3) is 0 Å². The number of unbranched alkanes of at least 4 members (excludes halogenated alkanes) is 1. The number of rotatable bonds is 5. The first kappa shape index (κ1) is 9.18. The van der Waals surface area contributed by atoms with Gasteiger partial charge in [0.25, 0.3) is 0 Å². The van der Waals surface area contributed by atoms with Crippen LogP contribution in [0.1, 0.15) is 12.8 Å². The molecule has 0 amide bonds. The molecule has 0 aromatic carbocycles. The lowest BCUT2D eigenvalue weighted by atomic mass is 10.4. The Kier molecular flexibility index (Phi) is 6.42. The van der Waals surface area contributed by atoms with Crippen molar-refractivity contribution in [1.29, 1.82) is 0 Å². The van der Waals surface area contributed by atoms with Gasteiger partial charge in [-0.05, 0) is 6.42 Å². The van der Waals surface area contributed by atoms with E-state index in [-0.39, 0.29) is 8.80 Å². The minimum Gasteiger partial charge on any atom is -0.385 e. The highest BCUT2D eigenvalue weighted by atomic mass is 28.3. The number of hydrogen-bond donors (Lipinski definition) is 0. The Morgan fingerprint density at radius 1 is 1.22 bits per heavy atom. The van der Waals surface area contributed by atoms with E-state index in [9.17, 15) is 0 Å². The molecule has 0 atom stereocenters. The average Bonchev–Trinajstić information content (AvgIpc) is 1.80. The van der Waals surface area contributed by atoms with Gasteiger partial charge in [-0.15, -0.1) is 0 Å². The highest BCUT2D eigenvalue weighted by Crippen LogP contribution is 2.00. The van der Waals surface area contributed by atoms with Gasteiger partial charge >= 0.3 is 0 Å². The summed E-state index contributed by atoms with van der Waals surface area (Å²) in [4.78, 5) is 0. The van der Waals surface area contributed by atoms with Gasteiger partial charge in [0, 0.05) is 22.5 Å². The monoisotopic (exact) mass is 145 g/mol. The normalized spacial score (nSPS) is 10.7. The van der Waals surface area contributed by atoms with Crippen molar-refractivity contribution in [2.75, 3.05) is 13.7 Å². The molecule has 55 valence electrons. The van der Waals surface area contributed by atoms with Gasteiger partial charge in [-0.2, -0.15) is 0 Å². The van der Waals surface area contributed by atoms with Crippen LogP contribution in [0.2, 0.25) is 19.1 Å². The third-order valence-electron chi connectivity index (χ3n) is 1.28. The lowest BCUT2D eigenvalue weighted by molar-refractivity contribution is 0.194. The SMILES string of the molecule is COCCCC[Si](C)C. The van der Waals surface area contributed by atoms with E-state index in [0.717, 1.165) is 6.61 Å². The van der Waals surface area contributed by atoms with Gasteiger partial charge in [0.15, 0.2) is 0 Å². The van der Waals surface area contributed by atoms with Gasteiger partial charge in [-0.1, -0.05) is 25.6 Å². The zero-order valence-electron chi connectivity index (χ0n) is 6.74. The molecule has 0 bridgehead atoms. The van der Waals surface area contributed by atoms with Crippen molar-refractivity contribution in [3.8, 4) is 0 Å². The summed E-state index contributed by atoms with van der Waals surface area (Å²) in [5, 5.41) is 0. The van der Waals surface area contributed by atoms with Gasteiger partial charge in [0.2, 0.25) is 0 Å². The first-order valence-electron chi connectivity index (χ1n) is 3.55. The van der Waals surface area contributed by atoms with Gasteiger partial charge in [-0.25, -0.2) is 0 Å². The maximum absolute atomic E-state index is 4.93. The van der Waals surface area contributed by atoms with Crippen LogP contribution in [0.4, 0.5) is 0 Å². The Balaban J connectivity index is 2.75. The molecule has 0 aliphatic heterocycles. The highest BCUT2D eigenvalue weighted by molar-refractivity contribution is 6.55. The van der Waals surface area contributed by atoms with E-state index in [0.29, 0.717) is 0 Å².